The maximum atomic E-state index is 12.9. The van der Waals surface area contributed by atoms with Crippen LogP contribution in [0.3, 0.4) is 0 Å². The third kappa shape index (κ3) is 3.86. The number of rotatable bonds is 5. The summed E-state index contributed by atoms with van der Waals surface area (Å²) in [7, 11) is 1.81. The molecule has 0 radical (unpaired) electrons. The van der Waals surface area contributed by atoms with Crippen LogP contribution >= 0.6 is 0 Å². The predicted molar refractivity (Wildman–Crippen MR) is 109 cm³/mol. The van der Waals surface area contributed by atoms with E-state index in [0.717, 1.165) is 11.4 Å². The zero-order chi connectivity index (χ0) is 21.3. The first-order valence-electron chi connectivity index (χ1n) is 9.56. The number of ether oxygens (including phenoxy) is 1. The van der Waals surface area contributed by atoms with Crippen LogP contribution in [0.1, 0.15) is 21.7 Å². The van der Waals surface area contributed by atoms with Crippen LogP contribution in [-0.4, -0.2) is 49.6 Å². The maximum absolute atomic E-state index is 12.9. The molecule has 0 bridgehead atoms. The van der Waals surface area contributed by atoms with Crippen LogP contribution in [0.15, 0.2) is 42.9 Å². The first-order valence-corrected chi connectivity index (χ1v) is 9.56. The van der Waals surface area contributed by atoms with Gasteiger partial charge in [0.15, 0.2) is 0 Å². The molecule has 3 aromatic heterocycles. The van der Waals surface area contributed by atoms with Gasteiger partial charge in [0.25, 0.3) is 5.91 Å². The van der Waals surface area contributed by atoms with Crippen molar-refractivity contribution in [1.29, 1.82) is 0 Å². The highest BCUT2D eigenvalue weighted by Gasteiger charge is 2.37. The van der Waals surface area contributed by atoms with E-state index in [1.54, 1.807) is 46.4 Å². The quantitative estimate of drug-likeness (QED) is 0.698. The third-order valence-corrected chi connectivity index (χ3v) is 5.13. The van der Waals surface area contributed by atoms with Crippen LogP contribution in [0.2, 0.25) is 0 Å². The van der Waals surface area contributed by atoms with Gasteiger partial charge in [-0.15, -0.1) is 0 Å². The lowest BCUT2D eigenvalue weighted by molar-refractivity contribution is -0.123. The average molecular weight is 406 g/mol. The van der Waals surface area contributed by atoms with Crippen molar-refractivity contribution < 1.29 is 14.3 Å². The molecule has 1 saturated heterocycles. The van der Waals surface area contributed by atoms with E-state index in [1.807, 2.05) is 27.0 Å². The number of likely N-dealkylation sites (tertiary alicyclic amines) is 1. The van der Waals surface area contributed by atoms with Crippen LogP contribution < -0.4 is 10.1 Å². The number of amides is 2. The lowest BCUT2D eigenvalue weighted by Gasteiger charge is -2.38. The van der Waals surface area contributed by atoms with Gasteiger partial charge in [0, 0.05) is 32.0 Å². The molecular weight excluding hydrogens is 384 g/mol. The Morgan fingerprint density at radius 3 is 2.60 bits per heavy atom. The van der Waals surface area contributed by atoms with E-state index in [2.05, 4.69) is 20.4 Å². The highest BCUT2D eigenvalue weighted by Crippen LogP contribution is 2.27. The summed E-state index contributed by atoms with van der Waals surface area (Å²) in [4.78, 5) is 35.4. The molecule has 9 heteroatoms. The van der Waals surface area contributed by atoms with Gasteiger partial charge in [0.05, 0.1) is 29.7 Å². The summed E-state index contributed by atoms with van der Waals surface area (Å²) in [5, 5.41) is 6.99. The Labute approximate surface area is 173 Å². The summed E-state index contributed by atoms with van der Waals surface area (Å²) in [6, 6.07) is 6.94. The molecule has 4 rings (SSSR count). The van der Waals surface area contributed by atoms with Crippen molar-refractivity contribution in [2.45, 2.75) is 13.8 Å². The molecule has 30 heavy (non-hydrogen) atoms. The molecule has 9 nitrogen and oxygen atoms in total. The van der Waals surface area contributed by atoms with Gasteiger partial charge in [0.2, 0.25) is 11.8 Å². The second kappa shape index (κ2) is 7.94. The number of nitrogens with zero attached hydrogens (tertiary/aromatic N) is 5. The number of hydrogen-bond donors (Lipinski definition) is 1. The van der Waals surface area contributed by atoms with E-state index < -0.39 is 0 Å². The van der Waals surface area contributed by atoms with Crippen LogP contribution in [-0.2, 0) is 11.8 Å². The van der Waals surface area contributed by atoms with Crippen molar-refractivity contribution >= 4 is 17.5 Å². The number of carbonyl (C=O) groups excluding carboxylic acids is 2. The summed E-state index contributed by atoms with van der Waals surface area (Å²) >= 11 is 0. The molecule has 154 valence electrons. The Balaban J connectivity index is 1.40. The van der Waals surface area contributed by atoms with Gasteiger partial charge in [-0.2, -0.15) is 5.10 Å². The number of nitrogens with one attached hydrogen (secondary N) is 1. The number of aryl methyl sites for hydroxylation is 2. The zero-order valence-corrected chi connectivity index (χ0v) is 17.0. The lowest BCUT2D eigenvalue weighted by atomic mass is 9.98. The molecule has 1 aliphatic heterocycles. The highest BCUT2D eigenvalue weighted by atomic mass is 16.5. The predicted octanol–water partition coefficient (Wildman–Crippen LogP) is 2.33. The molecule has 3 aromatic rings. The fourth-order valence-electron chi connectivity index (χ4n) is 3.10. The number of pyridine rings is 2. The minimum Gasteiger partial charge on any atom is -0.437 e. The van der Waals surface area contributed by atoms with Gasteiger partial charge in [-0.05, 0) is 38.1 Å². The molecule has 1 fully saturated rings. The molecule has 0 aliphatic carbocycles. The Hall–Kier alpha value is -3.75. The molecular formula is C21H22N6O3. The SMILES string of the molecule is Cc1ccc(Oc2ncccc2C(=O)N2CC(C(=O)Nc3cnn(C)c3C)C2)cn1. The smallest absolute Gasteiger partial charge is 0.259 e. The van der Waals surface area contributed by atoms with Crippen molar-refractivity contribution in [3.63, 3.8) is 0 Å². The Bertz CT molecular complexity index is 1090. The largest absolute Gasteiger partial charge is 0.437 e. The fourth-order valence-corrected chi connectivity index (χ4v) is 3.10. The molecule has 0 aromatic carbocycles. The van der Waals surface area contributed by atoms with E-state index in [1.165, 1.54) is 0 Å². The molecule has 1 N–H and O–H groups in total. The summed E-state index contributed by atoms with van der Waals surface area (Å²) in [6.45, 7) is 4.44. The van der Waals surface area contributed by atoms with Gasteiger partial charge in [-0.25, -0.2) is 4.98 Å². The van der Waals surface area contributed by atoms with E-state index in [-0.39, 0.29) is 23.6 Å². The molecule has 0 unspecified atom stereocenters. The number of carbonyl (C=O) groups is 2. The minimum absolute atomic E-state index is 0.122. The highest BCUT2D eigenvalue weighted by molar-refractivity contribution is 5.99. The topological polar surface area (TPSA) is 102 Å². The van der Waals surface area contributed by atoms with Gasteiger partial charge in [0.1, 0.15) is 11.3 Å². The van der Waals surface area contributed by atoms with Crippen molar-refractivity contribution in [3.05, 3.63) is 59.8 Å². The zero-order valence-electron chi connectivity index (χ0n) is 17.0. The first-order chi connectivity index (χ1) is 14.4. The maximum Gasteiger partial charge on any atom is 0.259 e. The third-order valence-electron chi connectivity index (χ3n) is 5.13. The van der Waals surface area contributed by atoms with Crippen molar-refractivity contribution in [2.24, 2.45) is 13.0 Å². The molecule has 1 aliphatic rings. The lowest BCUT2D eigenvalue weighted by Crippen LogP contribution is -2.54. The van der Waals surface area contributed by atoms with Crippen LogP contribution in [0, 0.1) is 19.8 Å². The van der Waals surface area contributed by atoms with E-state index >= 15 is 0 Å². The molecule has 4 heterocycles. The number of anilines is 1. The Morgan fingerprint density at radius 1 is 1.13 bits per heavy atom. The Kier molecular flexibility index (Phi) is 5.18. The van der Waals surface area contributed by atoms with Gasteiger partial charge in [-0.1, -0.05) is 0 Å². The van der Waals surface area contributed by atoms with Crippen LogP contribution in [0.4, 0.5) is 5.69 Å². The van der Waals surface area contributed by atoms with Crippen molar-refractivity contribution in [3.8, 4) is 11.6 Å². The molecule has 2 amide bonds. The van der Waals surface area contributed by atoms with Gasteiger partial charge < -0.3 is 15.0 Å². The molecule has 0 saturated carbocycles. The van der Waals surface area contributed by atoms with Gasteiger partial charge >= 0.3 is 0 Å². The van der Waals surface area contributed by atoms with Gasteiger partial charge in [-0.3, -0.25) is 19.3 Å². The van der Waals surface area contributed by atoms with Crippen molar-refractivity contribution in [1.82, 2.24) is 24.6 Å². The number of hydrogen-bond acceptors (Lipinski definition) is 6. The number of aromatic nitrogens is 4. The van der Waals surface area contributed by atoms with Crippen molar-refractivity contribution in [2.75, 3.05) is 18.4 Å². The average Bonchev–Trinajstić information content (AvgIpc) is 3.01. The summed E-state index contributed by atoms with van der Waals surface area (Å²) in [5.41, 5.74) is 2.77. The van der Waals surface area contributed by atoms with Crippen LogP contribution in [0.25, 0.3) is 0 Å². The van der Waals surface area contributed by atoms with Crippen LogP contribution in [0.5, 0.6) is 11.6 Å². The minimum atomic E-state index is -0.268. The summed E-state index contributed by atoms with van der Waals surface area (Å²) in [5.74, 6) is 0.104. The molecule has 0 atom stereocenters. The molecule has 0 spiro atoms. The van der Waals surface area contributed by atoms with E-state index in [9.17, 15) is 9.59 Å². The van der Waals surface area contributed by atoms with E-state index in [4.69, 9.17) is 4.74 Å². The summed E-state index contributed by atoms with van der Waals surface area (Å²) < 4.78 is 7.46. The monoisotopic (exact) mass is 406 g/mol. The first kappa shape index (κ1) is 19.6. The second-order valence-corrected chi connectivity index (χ2v) is 7.26. The standard InChI is InChI=1S/C21H22N6O3/c1-13-6-7-16(9-23-13)30-20-17(5-4-8-22-20)21(29)27-11-15(12-27)19(28)25-18-10-24-26(3)14(18)2/h4-10,15H,11-12H2,1-3H3,(H,25,28). The summed E-state index contributed by atoms with van der Waals surface area (Å²) in [6.07, 6.45) is 4.77. The fraction of sp³-hybridized carbons (Fsp3) is 0.286. The van der Waals surface area contributed by atoms with E-state index in [0.29, 0.717) is 30.1 Å². The second-order valence-electron chi connectivity index (χ2n) is 7.26. The normalized spacial score (nSPS) is 13.6. The Morgan fingerprint density at radius 2 is 1.93 bits per heavy atom.